The Hall–Kier alpha value is -2.28. The number of esters is 1. The van der Waals surface area contributed by atoms with E-state index in [0.29, 0.717) is 12.0 Å². The molecule has 1 N–H and O–H groups in total. The first-order valence-electron chi connectivity index (χ1n) is 5.76. The molecular formula is C14H14N2O2. The molecule has 0 radical (unpaired) electrons. The van der Waals surface area contributed by atoms with Crippen molar-refractivity contribution in [1.29, 1.82) is 5.26 Å². The molecule has 0 spiro atoms. The molecule has 1 aromatic carbocycles. The normalized spacial score (nSPS) is 13.8. The number of methoxy groups -OCH3 is 1. The Bertz CT molecular complexity index is 624. The second-order valence-corrected chi connectivity index (χ2v) is 4.11. The molecule has 18 heavy (non-hydrogen) atoms. The summed E-state index contributed by atoms with van der Waals surface area (Å²) < 4.78 is 4.79. The summed E-state index contributed by atoms with van der Waals surface area (Å²) >= 11 is 0. The number of nitriles is 1. The number of aromatic amines is 1. The average molecular weight is 242 g/mol. The highest BCUT2D eigenvalue weighted by Crippen LogP contribution is 2.34. The van der Waals surface area contributed by atoms with Crippen LogP contribution in [0.2, 0.25) is 0 Å². The molecule has 4 nitrogen and oxygen atoms in total. The maximum Gasteiger partial charge on any atom is 0.330 e. The van der Waals surface area contributed by atoms with Gasteiger partial charge in [0.05, 0.1) is 13.2 Å². The van der Waals surface area contributed by atoms with E-state index in [-0.39, 0.29) is 0 Å². The van der Waals surface area contributed by atoms with Gasteiger partial charge in [-0.1, -0.05) is 25.1 Å². The molecule has 0 fully saturated rings. The minimum absolute atomic E-state index is 0.373. The molecule has 0 aliphatic heterocycles. The molecule has 0 amide bonds. The second kappa shape index (κ2) is 4.53. The number of aromatic nitrogens is 1. The van der Waals surface area contributed by atoms with E-state index in [4.69, 9.17) is 4.74 Å². The number of ether oxygens (including phenoxy) is 1. The predicted molar refractivity (Wildman–Crippen MR) is 67.9 cm³/mol. The molecule has 92 valence electrons. The number of benzene rings is 1. The summed E-state index contributed by atoms with van der Waals surface area (Å²) in [5.74, 6) is -0.516. The number of hydrogen-bond acceptors (Lipinski definition) is 3. The molecule has 2 rings (SSSR count). The van der Waals surface area contributed by atoms with Gasteiger partial charge in [0.1, 0.15) is 0 Å². The Balaban J connectivity index is 2.70. The highest BCUT2D eigenvalue weighted by Gasteiger charge is 2.42. The van der Waals surface area contributed by atoms with E-state index < -0.39 is 11.4 Å². The topological polar surface area (TPSA) is 65.9 Å². The second-order valence-electron chi connectivity index (χ2n) is 4.11. The van der Waals surface area contributed by atoms with Gasteiger partial charge in [0.15, 0.2) is 5.41 Å². The van der Waals surface area contributed by atoms with Gasteiger partial charge >= 0.3 is 5.97 Å². The van der Waals surface area contributed by atoms with Crippen LogP contribution < -0.4 is 0 Å². The molecule has 4 heteroatoms. The van der Waals surface area contributed by atoms with Gasteiger partial charge in [0, 0.05) is 22.7 Å². The third-order valence-electron chi connectivity index (χ3n) is 3.30. The van der Waals surface area contributed by atoms with Gasteiger partial charge in [-0.05, 0) is 12.5 Å². The van der Waals surface area contributed by atoms with E-state index in [1.54, 1.807) is 6.20 Å². The number of carbonyl (C=O) groups excluding carboxylic acids is 1. The molecular weight excluding hydrogens is 228 g/mol. The van der Waals surface area contributed by atoms with Crippen molar-refractivity contribution in [2.75, 3.05) is 7.11 Å². The number of carbonyl (C=O) groups is 1. The molecule has 1 unspecified atom stereocenters. The van der Waals surface area contributed by atoms with E-state index in [1.165, 1.54) is 7.11 Å². The maximum atomic E-state index is 12.0. The van der Waals surface area contributed by atoms with E-state index in [0.717, 1.165) is 10.9 Å². The van der Waals surface area contributed by atoms with Crippen LogP contribution in [0.15, 0.2) is 30.5 Å². The lowest BCUT2D eigenvalue weighted by molar-refractivity contribution is -0.145. The van der Waals surface area contributed by atoms with Crippen LogP contribution in [0, 0.1) is 11.3 Å². The number of nitrogens with one attached hydrogen (secondary N) is 1. The Morgan fingerprint density at radius 2 is 2.22 bits per heavy atom. The van der Waals surface area contributed by atoms with Crippen molar-refractivity contribution in [3.05, 3.63) is 36.0 Å². The van der Waals surface area contributed by atoms with Crippen LogP contribution in [-0.4, -0.2) is 18.1 Å². The van der Waals surface area contributed by atoms with Crippen molar-refractivity contribution < 1.29 is 9.53 Å². The Labute approximate surface area is 105 Å². The summed E-state index contributed by atoms with van der Waals surface area (Å²) in [6.07, 6.45) is 2.09. The van der Waals surface area contributed by atoms with Gasteiger partial charge in [-0.2, -0.15) is 5.26 Å². The van der Waals surface area contributed by atoms with Crippen molar-refractivity contribution in [2.45, 2.75) is 18.8 Å². The largest absolute Gasteiger partial charge is 0.468 e. The van der Waals surface area contributed by atoms with Gasteiger partial charge < -0.3 is 9.72 Å². The Morgan fingerprint density at radius 1 is 1.50 bits per heavy atom. The number of hydrogen-bond donors (Lipinski definition) is 1. The molecule has 0 saturated carbocycles. The van der Waals surface area contributed by atoms with Gasteiger partial charge in [-0.25, -0.2) is 4.79 Å². The fraction of sp³-hybridized carbons (Fsp3) is 0.286. The zero-order valence-corrected chi connectivity index (χ0v) is 10.4. The lowest BCUT2D eigenvalue weighted by atomic mass is 9.79. The third kappa shape index (κ3) is 1.56. The zero-order chi connectivity index (χ0) is 13.2. The zero-order valence-electron chi connectivity index (χ0n) is 10.4. The lowest BCUT2D eigenvalue weighted by Crippen LogP contribution is -2.34. The van der Waals surface area contributed by atoms with Crippen LogP contribution in [0.5, 0.6) is 0 Å². The van der Waals surface area contributed by atoms with Crippen molar-refractivity contribution in [3.8, 4) is 6.07 Å². The SMILES string of the molecule is CCC(C#N)(C(=O)OC)c1c[nH]c2ccccc12. The van der Waals surface area contributed by atoms with E-state index >= 15 is 0 Å². The minimum atomic E-state index is -1.24. The molecule has 1 heterocycles. The van der Waals surface area contributed by atoms with Crippen LogP contribution in [0.1, 0.15) is 18.9 Å². The Kier molecular flexibility index (Phi) is 3.07. The van der Waals surface area contributed by atoms with Crippen LogP contribution in [0.4, 0.5) is 0 Å². The molecule has 1 atom stereocenters. The molecule has 0 aliphatic carbocycles. The van der Waals surface area contributed by atoms with E-state index in [2.05, 4.69) is 11.1 Å². The molecule has 1 aromatic heterocycles. The summed E-state index contributed by atoms with van der Waals surface area (Å²) in [6.45, 7) is 1.81. The maximum absolute atomic E-state index is 12.0. The molecule has 0 saturated heterocycles. The van der Waals surface area contributed by atoms with Gasteiger partial charge in [0.25, 0.3) is 0 Å². The Morgan fingerprint density at radius 3 is 2.83 bits per heavy atom. The van der Waals surface area contributed by atoms with Crippen LogP contribution in [0.25, 0.3) is 10.9 Å². The summed E-state index contributed by atoms with van der Waals surface area (Å²) in [5.41, 5.74) is 0.341. The van der Waals surface area contributed by atoms with Crippen LogP contribution in [-0.2, 0) is 14.9 Å². The van der Waals surface area contributed by atoms with Crippen molar-refractivity contribution in [2.24, 2.45) is 0 Å². The predicted octanol–water partition coefficient (Wildman–Crippen LogP) is 2.51. The molecule has 2 aromatic rings. The van der Waals surface area contributed by atoms with Crippen molar-refractivity contribution in [1.82, 2.24) is 4.98 Å². The fourth-order valence-corrected chi connectivity index (χ4v) is 2.23. The average Bonchev–Trinajstić information content (AvgIpc) is 2.85. The standard InChI is InChI=1S/C14H14N2O2/c1-3-14(9-15,13(17)18-2)11-8-16-12-7-5-4-6-10(11)12/h4-8,16H,3H2,1-2H3. The van der Waals surface area contributed by atoms with Gasteiger partial charge in [-0.15, -0.1) is 0 Å². The first-order valence-corrected chi connectivity index (χ1v) is 5.76. The van der Waals surface area contributed by atoms with Crippen LogP contribution >= 0.6 is 0 Å². The number of fused-ring (bicyclic) bond motifs is 1. The quantitative estimate of drug-likeness (QED) is 0.841. The smallest absolute Gasteiger partial charge is 0.330 e. The minimum Gasteiger partial charge on any atom is -0.468 e. The van der Waals surface area contributed by atoms with E-state index in [1.807, 2.05) is 31.2 Å². The van der Waals surface area contributed by atoms with Gasteiger partial charge in [0.2, 0.25) is 0 Å². The summed E-state index contributed by atoms with van der Waals surface area (Å²) in [5, 5.41) is 10.3. The first kappa shape index (κ1) is 12.2. The van der Waals surface area contributed by atoms with Gasteiger partial charge in [-0.3, -0.25) is 0 Å². The number of rotatable bonds is 3. The first-order chi connectivity index (χ1) is 8.69. The van der Waals surface area contributed by atoms with E-state index in [9.17, 15) is 10.1 Å². The summed E-state index contributed by atoms with van der Waals surface area (Å²) in [4.78, 5) is 15.1. The summed E-state index contributed by atoms with van der Waals surface area (Å²) in [6, 6.07) is 9.71. The van der Waals surface area contributed by atoms with Crippen molar-refractivity contribution in [3.63, 3.8) is 0 Å². The third-order valence-corrected chi connectivity index (χ3v) is 3.30. The number of para-hydroxylation sites is 1. The molecule has 0 aliphatic rings. The lowest BCUT2D eigenvalue weighted by Gasteiger charge is -2.21. The highest BCUT2D eigenvalue weighted by molar-refractivity contribution is 5.95. The summed E-state index contributed by atoms with van der Waals surface area (Å²) in [7, 11) is 1.30. The van der Waals surface area contributed by atoms with Crippen molar-refractivity contribution >= 4 is 16.9 Å². The number of nitrogens with zero attached hydrogens (tertiary/aromatic N) is 1. The fourth-order valence-electron chi connectivity index (χ4n) is 2.23. The number of H-pyrrole nitrogens is 1. The monoisotopic (exact) mass is 242 g/mol. The van der Waals surface area contributed by atoms with Crippen LogP contribution in [0.3, 0.4) is 0 Å². The molecule has 0 bridgehead atoms. The highest BCUT2D eigenvalue weighted by atomic mass is 16.5.